The lowest BCUT2D eigenvalue weighted by atomic mass is 10.2. The first-order valence-electron chi connectivity index (χ1n) is 10.3. The molecule has 0 spiro atoms. The number of thioether (sulfide) groups is 1. The Kier molecular flexibility index (Phi) is 7.51. The van der Waals surface area contributed by atoms with E-state index in [1.165, 1.54) is 11.8 Å². The molecule has 0 radical (unpaired) electrons. The number of aromatic nitrogens is 4. The Hall–Kier alpha value is -4.18. The molecule has 0 aliphatic carbocycles. The van der Waals surface area contributed by atoms with Gasteiger partial charge in [0.25, 0.3) is 5.91 Å². The minimum absolute atomic E-state index is 0.116. The molecule has 0 bridgehead atoms. The lowest BCUT2D eigenvalue weighted by Gasteiger charge is -2.12. The zero-order chi connectivity index (χ0) is 23.8. The third-order valence-electron chi connectivity index (χ3n) is 4.73. The van der Waals surface area contributed by atoms with E-state index in [9.17, 15) is 4.79 Å². The molecule has 1 N–H and O–H groups in total. The van der Waals surface area contributed by atoms with Gasteiger partial charge in [0.1, 0.15) is 0 Å². The van der Waals surface area contributed by atoms with E-state index in [0.29, 0.717) is 22.5 Å². The number of methoxy groups -OCH3 is 2. The first-order chi connectivity index (χ1) is 16.7. The number of hydrogen-bond acceptors (Lipinski definition) is 8. The number of rotatable bonds is 9. The molecule has 172 valence electrons. The van der Waals surface area contributed by atoms with Gasteiger partial charge in [-0.05, 0) is 48.0 Å². The van der Waals surface area contributed by atoms with Crippen LogP contribution in [0, 0.1) is 0 Å². The molecule has 2 aromatic heterocycles. The first kappa shape index (κ1) is 23.0. The average molecular weight is 475 g/mol. The number of carbonyl (C=O) groups excluding carboxylic acids is 1. The predicted molar refractivity (Wildman–Crippen MR) is 131 cm³/mol. The van der Waals surface area contributed by atoms with Crippen LogP contribution < -0.4 is 14.9 Å². The monoisotopic (exact) mass is 474 g/mol. The molecule has 4 rings (SSSR count). The van der Waals surface area contributed by atoms with Crippen LogP contribution in [0.5, 0.6) is 11.5 Å². The number of para-hydroxylation sites is 1. The molecule has 0 saturated heterocycles. The number of amides is 1. The Balaban J connectivity index is 1.56. The van der Waals surface area contributed by atoms with E-state index < -0.39 is 0 Å². The second kappa shape index (κ2) is 11.1. The van der Waals surface area contributed by atoms with Gasteiger partial charge < -0.3 is 9.47 Å². The van der Waals surface area contributed by atoms with Gasteiger partial charge in [0, 0.05) is 23.6 Å². The Morgan fingerprint density at radius 3 is 2.53 bits per heavy atom. The molecule has 2 heterocycles. The molecular formula is C24H22N6O3S. The number of nitrogens with one attached hydrogen (secondary N) is 1. The number of hydrogen-bond donors (Lipinski definition) is 1. The van der Waals surface area contributed by atoms with Crippen molar-refractivity contribution in [3.8, 4) is 28.6 Å². The quantitative estimate of drug-likeness (QED) is 0.225. The van der Waals surface area contributed by atoms with Gasteiger partial charge in [-0.1, -0.05) is 30.0 Å². The maximum atomic E-state index is 12.3. The summed E-state index contributed by atoms with van der Waals surface area (Å²) in [4.78, 5) is 16.3. The zero-order valence-corrected chi connectivity index (χ0v) is 19.4. The fourth-order valence-electron chi connectivity index (χ4n) is 3.13. The van der Waals surface area contributed by atoms with E-state index in [1.807, 2.05) is 53.1 Å². The number of carbonyl (C=O) groups is 1. The normalized spacial score (nSPS) is 10.9. The van der Waals surface area contributed by atoms with Crippen LogP contribution in [0.3, 0.4) is 0 Å². The fourth-order valence-corrected chi connectivity index (χ4v) is 3.87. The van der Waals surface area contributed by atoms with Gasteiger partial charge in [0.05, 0.1) is 26.2 Å². The Labute approximate surface area is 200 Å². The number of pyridine rings is 1. The summed E-state index contributed by atoms with van der Waals surface area (Å²) in [5.41, 5.74) is 5.04. The fraction of sp³-hybridized carbons (Fsp3) is 0.125. The van der Waals surface area contributed by atoms with Gasteiger partial charge in [0.15, 0.2) is 22.5 Å². The van der Waals surface area contributed by atoms with E-state index in [0.717, 1.165) is 16.8 Å². The maximum Gasteiger partial charge on any atom is 0.250 e. The van der Waals surface area contributed by atoms with E-state index in [1.54, 1.807) is 45.0 Å². The van der Waals surface area contributed by atoms with Crippen molar-refractivity contribution in [3.05, 3.63) is 78.6 Å². The van der Waals surface area contributed by atoms with Crippen LogP contribution in [0.25, 0.3) is 17.1 Å². The second-order valence-corrected chi connectivity index (χ2v) is 7.85. The van der Waals surface area contributed by atoms with Crippen molar-refractivity contribution in [1.29, 1.82) is 0 Å². The highest BCUT2D eigenvalue weighted by Crippen LogP contribution is 2.34. The Bertz CT molecular complexity index is 1280. The molecule has 10 heteroatoms. The lowest BCUT2D eigenvalue weighted by molar-refractivity contribution is -0.118. The van der Waals surface area contributed by atoms with Gasteiger partial charge in [-0.2, -0.15) is 5.10 Å². The summed E-state index contributed by atoms with van der Waals surface area (Å²) in [6.07, 6.45) is 4.88. The third-order valence-corrected chi connectivity index (χ3v) is 5.66. The van der Waals surface area contributed by atoms with Crippen molar-refractivity contribution in [2.24, 2.45) is 5.10 Å². The van der Waals surface area contributed by atoms with E-state index >= 15 is 0 Å². The molecule has 0 fully saturated rings. The summed E-state index contributed by atoms with van der Waals surface area (Å²) in [7, 11) is 3.17. The van der Waals surface area contributed by atoms with Crippen LogP contribution in [0.15, 0.2) is 83.3 Å². The van der Waals surface area contributed by atoms with Crippen molar-refractivity contribution in [3.63, 3.8) is 0 Å². The highest BCUT2D eigenvalue weighted by molar-refractivity contribution is 7.99. The molecule has 0 unspecified atom stereocenters. The summed E-state index contributed by atoms with van der Waals surface area (Å²) < 4.78 is 12.7. The molecular weight excluding hydrogens is 452 g/mol. The first-order valence-corrected chi connectivity index (χ1v) is 11.3. The maximum absolute atomic E-state index is 12.3. The molecule has 0 saturated carbocycles. The lowest BCUT2D eigenvalue weighted by Crippen LogP contribution is -2.20. The van der Waals surface area contributed by atoms with E-state index in [2.05, 4.69) is 25.7 Å². The topological polar surface area (TPSA) is 104 Å². The van der Waals surface area contributed by atoms with Gasteiger partial charge in [-0.15, -0.1) is 10.2 Å². The molecule has 9 nitrogen and oxygen atoms in total. The van der Waals surface area contributed by atoms with Gasteiger partial charge in [-0.3, -0.25) is 14.3 Å². The Morgan fingerprint density at radius 2 is 1.79 bits per heavy atom. The minimum atomic E-state index is -0.259. The number of benzene rings is 2. The van der Waals surface area contributed by atoms with Crippen molar-refractivity contribution >= 4 is 23.9 Å². The third kappa shape index (κ3) is 5.41. The largest absolute Gasteiger partial charge is 0.493 e. The Morgan fingerprint density at radius 1 is 1.03 bits per heavy atom. The molecule has 1 amide bonds. The highest BCUT2D eigenvalue weighted by atomic mass is 32.2. The number of hydrazone groups is 1. The molecule has 0 aliphatic rings. The SMILES string of the molecule is COc1ccc(-c2nnc(SCC(=O)NN=Cc3ccncc3)n2-c2ccccc2)cc1OC. The van der Waals surface area contributed by atoms with Crippen molar-refractivity contribution < 1.29 is 14.3 Å². The van der Waals surface area contributed by atoms with Gasteiger partial charge in [0.2, 0.25) is 0 Å². The summed E-state index contributed by atoms with van der Waals surface area (Å²) >= 11 is 1.27. The highest BCUT2D eigenvalue weighted by Gasteiger charge is 2.18. The summed E-state index contributed by atoms with van der Waals surface area (Å²) in [5, 5.41) is 13.3. The van der Waals surface area contributed by atoms with Crippen molar-refractivity contribution in [2.75, 3.05) is 20.0 Å². The summed E-state index contributed by atoms with van der Waals surface area (Å²) in [6.45, 7) is 0. The van der Waals surface area contributed by atoms with Crippen LogP contribution in [0.2, 0.25) is 0 Å². The average Bonchev–Trinajstić information content (AvgIpc) is 3.32. The molecule has 0 aliphatic heterocycles. The van der Waals surface area contributed by atoms with Crippen molar-refractivity contribution in [1.82, 2.24) is 25.2 Å². The summed E-state index contributed by atoms with van der Waals surface area (Å²) in [6, 6.07) is 18.9. The second-order valence-electron chi connectivity index (χ2n) is 6.91. The molecule has 2 aromatic carbocycles. The molecule has 4 aromatic rings. The predicted octanol–water partition coefficient (Wildman–Crippen LogP) is 3.59. The molecule has 0 atom stereocenters. The van der Waals surface area contributed by atoms with Crippen LogP contribution in [-0.4, -0.2) is 51.8 Å². The van der Waals surface area contributed by atoms with Crippen LogP contribution >= 0.6 is 11.8 Å². The van der Waals surface area contributed by atoms with Crippen LogP contribution in [0.1, 0.15) is 5.56 Å². The molecule has 34 heavy (non-hydrogen) atoms. The van der Waals surface area contributed by atoms with Crippen LogP contribution in [-0.2, 0) is 4.79 Å². The summed E-state index contributed by atoms with van der Waals surface area (Å²) in [5.74, 6) is 1.68. The van der Waals surface area contributed by atoms with E-state index in [4.69, 9.17) is 9.47 Å². The van der Waals surface area contributed by atoms with Gasteiger partial charge in [-0.25, -0.2) is 5.43 Å². The number of nitrogens with zero attached hydrogens (tertiary/aromatic N) is 5. The smallest absolute Gasteiger partial charge is 0.250 e. The zero-order valence-electron chi connectivity index (χ0n) is 18.6. The van der Waals surface area contributed by atoms with Crippen LogP contribution in [0.4, 0.5) is 0 Å². The van der Waals surface area contributed by atoms with Crippen molar-refractivity contribution in [2.45, 2.75) is 5.16 Å². The van der Waals surface area contributed by atoms with Gasteiger partial charge >= 0.3 is 0 Å². The minimum Gasteiger partial charge on any atom is -0.493 e. The van der Waals surface area contributed by atoms with E-state index in [-0.39, 0.29) is 11.7 Å². The standard InChI is InChI=1S/C24H22N6O3S/c1-32-20-9-8-18(14-21(20)33-2)23-28-29-24(30(23)19-6-4-3-5-7-19)34-16-22(31)27-26-15-17-10-12-25-13-11-17/h3-15H,16H2,1-2H3,(H,27,31). The number of ether oxygens (including phenoxy) is 2.